The number of nitrogens with zero attached hydrogens (tertiary/aromatic N) is 3. The summed E-state index contributed by atoms with van der Waals surface area (Å²) in [6.45, 7) is 3.85. The first-order chi connectivity index (χ1) is 13.1. The lowest BCUT2D eigenvalue weighted by Gasteiger charge is -2.34. The molecule has 0 radical (unpaired) electrons. The first kappa shape index (κ1) is 20.5. The van der Waals surface area contributed by atoms with Gasteiger partial charge >= 0.3 is 0 Å². The standard InChI is InChI=1S/C18H26N4O5S/c1-4-12(23)11-27-14-6-5-13-15(20-14)22(3)16(19-13)17(24)21-18(2)7-9-28(25,26)10-8-18/h5-6,12,23H,4,7-11H2,1-3H3,(H,21,24). The van der Waals surface area contributed by atoms with E-state index in [4.69, 9.17) is 4.74 Å². The molecule has 1 unspecified atom stereocenters. The number of hydrogen-bond acceptors (Lipinski definition) is 7. The van der Waals surface area contributed by atoms with E-state index in [2.05, 4.69) is 15.3 Å². The van der Waals surface area contributed by atoms with Crippen LogP contribution in [-0.4, -0.2) is 63.7 Å². The molecule has 1 aliphatic heterocycles. The van der Waals surface area contributed by atoms with Gasteiger partial charge in [-0.1, -0.05) is 6.92 Å². The third-order valence-corrected chi connectivity index (χ3v) is 6.79. The summed E-state index contributed by atoms with van der Waals surface area (Å²) < 4.78 is 30.4. The Hall–Kier alpha value is -2.20. The van der Waals surface area contributed by atoms with Gasteiger partial charge in [0.15, 0.2) is 5.65 Å². The highest BCUT2D eigenvalue weighted by Gasteiger charge is 2.35. The van der Waals surface area contributed by atoms with Gasteiger partial charge in [-0.3, -0.25) is 4.79 Å². The zero-order chi connectivity index (χ0) is 20.5. The molecule has 0 aliphatic carbocycles. The van der Waals surface area contributed by atoms with Crippen molar-refractivity contribution in [2.24, 2.45) is 7.05 Å². The number of sulfone groups is 1. The van der Waals surface area contributed by atoms with E-state index in [-0.39, 0.29) is 29.8 Å². The zero-order valence-corrected chi connectivity index (χ0v) is 17.1. The van der Waals surface area contributed by atoms with Crippen molar-refractivity contribution < 1.29 is 23.1 Å². The van der Waals surface area contributed by atoms with Crippen LogP contribution in [-0.2, 0) is 16.9 Å². The molecule has 1 amide bonds. The van der Waals surface area contributed by atoms with Crippen molar-refractivity contribution in [1.82, 2.24) is 19.9 Å². The Labute approximate surface area is 164 Å². The quantitative estimate of drug-likeness (QED) is 0.722. The van der Waals surface area contributed by atoms with Crippen LogP contribution >= 0.6 is 0 Å². The molecule has 1 aliphatic rings. The molecule has 10 heteroatoms. The molecule has 0 bridgehead atoms. The number of carbonyl (C=O) groups is 1. The molecule has 2 aromatic rings. The van der Waals surface area contributed by atoms with Crippen molar-refractivity contribution in [2.75, 3.05) is 18.1 Å². The molecular formula is C18H26N4O5S. The fourth-order valence-electron chi connectivity index (χ4n) is 3.07. The Bertz CT molecular complexity index is 971. The summed E-state index contributed by atoms with van der Waals surface area (Å²) in [5.74, 6) is 0.310. The third kappa shape index (κ3) is 4.44. The summed E-state index contributed by atoms with van der Waals surface area (Å²) in [5.41, 5.74) is 0.454. The molecule has 2 N–H and O–H groups in total. The molecule has 154 valence electrons. The van der Waals surface area contributed by atoms with Crippen LogP contribution in [0.25, 0.3) is 11.2 Å². The fourth-order valence-corrected chi connectivity index (χ4v) is 4.80. The van der Waals surface area contributed by atoms with Gasteiger partial charge in [0.2, 0.25) is 11.7 Å². The predicted molar refractivity (Wildman–Crippen MR) is 104 cm³/mol. The Morgan fingerprint density at radius 1 is 1.36 bits per heavy atom. The maximum absolute atomic E-state index is 12.8. The first-order valence-electron chi connectivity index (χ1n) is 9.30. The summed E-state index contributed by atoms with van der Waals surface area (Å²) in [5, 5.41) is 12.6. The second-order valence-corrected chi connectivity index (χ2v) is 9.83. The number of aliphatic hydroxyl groups excluding tert-OH is 1. The van der Waals surface area contributed by atoms with Crippen LogP contribution in [0.15, 0.2) is 12.1 Å². The number of imidazole rings is 1. The Morgan fingerprint density at radius 2 is 2.04 bits per heavy atom. The third-order valence-electron chi connectivity index (χ3n) is 5.13. The molecule has 3 rings (SSSR count). The van der Waals surface area contributed by atoms with Gasteiger partial charge < -0.3 is 19.7 Å². The maximum atomic E-state index is 12.8. The van der Waals surface area contributed by atoms with Crippen molar-refractivity contribution >= 4 is 26.9 Å². The van der Waals surface area contributed by atoms with Gasteiger partial charge in [0, 0.05) is 18.7 Å². The summed E-state index contributed by atoms with van der Waals surface area (Å²) >= 11 is 0. The molecule has 9 nitrogen and oxygen atoms in total. The average molecular weight is 410 g/mol. The number of hydrogen-bond donors (Lipinski definition) is 2. The maximum Gasteiger partial charge on any atom is 0.287 e. The molecule has 0 saturated carbocycles. The molecule has 0 aromatic carbocycles. The van der Waals surface area contributed by atoms with Gasteiger partial charge in [0.05, 0.1) is 17.6 Å². The van der Waals surface area contributed by atoms with E-state index >= 15 is 0 Å². The monoisotopic (exact) mass is 410 g/mol. The SMILES string of the molecule is CCC(O)COc1ccc2nc(C(=O)NC3(C)CCS(=O)(=O)CC3)n(C)c2n1. The summed E-state index contributed by atoms with van der Waals surface area (Å²) in [7, 11) is -1.33. The van der Waals surface area contributed by atoms with Gasteiger partial charge in [-0.05, 0) is 32.3 Å². The van der Waals surface area contributed by atoms with E-state index in [1.807, 2.05) is 13.8 Å². The zero-order valence-electron chi connectivity index (χ0n) is 16.3. The lowest BCUT2D eigenvalue weighted by Crippen LogP contribution is -2.51. The van der Waals surface area contributed by atoms with Gasteiger partial charge in [-0.15, -0.1) is 0 Å². The number of aryl methyl sites for hydroxylation is 1. The largest absolute Gasteiger partial charge is 0.475 e. The molecule has 0 spiro atoms. The van der Waals surface area contributed by atoms with Gasteiger partial charge in [0.1, 0.15) is 22.0 Å². The van der Waals surface area contributed by atoms with Crippen LogP contribution in [0.5, 0.6) is 5.88 Å². The normalized spacial score (nSPS) is 19.3. The predicted octanol–water partition coefficient (Wildman–Crippen LogP) is 0.815. The minimum Gasteiger partial charge on any atom is -0.475 e. The second kappa shape index (κ2) is 7.67. The van der Waals surface area contributed by atoms with Crippen LogP contribution in [0.3, 0.4) is 0 Å². The highest BCUT2D eigenvalue weighted by Crippen LogP contribution is 2.24. The highest BCUT2D eigenvalue weighted by molar-refractivity contribution is 7.91. The van der Waals surface area contributed by atoms with E-state index in [1.165, 1.54) is 0 Å². The Balaban J connectivity index is 1.77. The van der Waals surface area contributed by atoms with Crippen LogP contribution in [0.4, 0.5) is 0 Å². The fraction of sp³-hybridized carbons (Fsp3) is 0.611. The Morgan fingerprint density at radius 3 is 2.68 bits per heavy atom. The van der Waals surface area contributed by atoms with Crippen molar-refractivity contribution in [3.05, 3.63) is 18.0 Å². The van der Waals surface area contributed by atoms with Crippen molar-refractivity contribution in [1.29, 1.82) is 0 Å². The lowest BCUT2D eigenvalue weighted by atomic mass is 9.95. The summed E-state index contributed by atoms with van der Waals surface area (Å²) in [6, 6.07) is 3.36. The number of amides is 1. The number of fused-ring (bicyclic) bond motifs is 1. The van der Waals surface area contributed by atoms with E-state index < -0.39 is 21.5 Å². The van der Waals surface area contributed by atoms with Gasteiger partial charge in [-0.2, -0.15) is 4.98 Å². The van der Waals surface area contributed by atoms with E-state index in [1.54, 1.807) is 23.7 Å². The van der Waals surface area contributed by atoms with Gasteiger partial charge in [-0.25, -0.2) is 13.4 Å². The number of carbonyl (C=O) groups excluding carboxylic acids is 1. The molecule has 28 heavy (non-hydrogen) atoms. The summed E-state index contributed by atoms with van der Waals surface area (Å²) in [6.07, 6.45) is 0.769. The topological polar surface area (TPSA) is 123 Å². The molecule has 2 aromatic heterocycles. The number of rotatable bonds is 6. The van der Waals surface area contributed by atoms with E-state index in [9.17, 15) is 18.3 Å². The van der Waals surface area contributed by atoms with Gasteiger partial charge in [0.25, 0.3) is 5.91 Å². The lowest BCUT2D eigenvalue weighted by molar-refractivity contribution is 0.0886. The number of aliphatic hydroxyl groups is 1. The smallest absolute Gasteiger partial charge is 0.287 e. The highest BCUT2D eigenvalue weighted by atomic mass is 32.2. The van der Waals surface area contributed by atoms with Crippen LogP contribution < -0.4 is 10.1 Å². The summed E-state index contributed by atoms with van der Waals surface area (Å²) in [4.78, 5) is 21.5. The number of nitrogens with one attached hydrogen (secondary N) is 1. The van der Waals surface area contributed by atoms with Crippen molar-refractivity contribution in [2.45, 2.75) is 44.8 Å². The van der Waals surface area contributed by atoms with Crippen molar-refractivity contribution in [3.8, 4) is 5.88 Å². The second-order valence-electron chi connectivity index (χ2n) is 7.53. The number of pyridine rings is 1. The van der Waals surface area contributed by atoms with Crippen LogP contribution in [0.1, 0.15) is 43.7 Å². The molecule has 1 saturated heterocycles. The number of ether oxygens (including phenoxy) is 1. The van der Waals surface area contributed by atoms with Crippen LogP contribution in [0, 0.1) is 0 Å². The average Bonchev–Trinajstić information content (AvgIpc) is 2.99. The minimum absolute atomic E-state index is 0.0676. The Kier molecular flexibility index (Phi) is 5.62. The van der Waals surface area contributed by atoms with Crippen LogP contribution in [0.2, 0.25) is 0 Å². The van der Waals surface area contributed by atoms with E-state index in [0.29, 0.717) is 36.3 Å². The molecule has 1 atom stereocenters. The van der Waals surface area contributed by atoms with E-state index in [0.717, 1.165) is 0 Å². The molecule has 1 fully saturated rings. The first-order valence-corrected chi connectivity index (χ1v) is 11.1. The number of aromatic nitrogens is 3. The minimum atomic E-state index is -3.02. The van der Waals surface area contributed by atoms with Crippen molar-refractivity contribution in [3.63, 3.8) is 0 Å². The molecule has 3 heterocycles. The molecular weight excluding hydrogens is 384 g/mol.